The van der Waals surface area contributed by atoms with Gasteiger partial charge in [0.05, 0.1) is 0 Å². The van der Waals surface area contributed by atoms with Crippen molar-refractivity contribution in [3.63, 3.8) is 0 Å². The molecule has 2 heterocycles. The van der Waals surface area contributed by atoms with Crippen molar-refractivity contribution in [3.05, 3.63) is 46.6 Å². The molecule has 23 heavy (non-hydrogen) atoms. The molecule has 0 saturated carbocycles. The Morgan fingerprint density at radius 3 is 2.57 bits per heavy atom. The number of hydrogen-bond acceptors (Lipinski definition) is 4. The minimum Gasteiger partial charge on any atom is -0.368 e. The molecule has 2 aromatic heterocycles. The van der Waals surface area contributed by atoms with Crippen LogP contribution in [-0.2, 0) is 12.6 Å². The van der Waals surface area contributed by atoms with Gasteiger partial charge in [0.1, 0.15) is 28.6 Å². The van der Waals surface area contributed by atoms with Crippen LogP contribution in [0.2, 0.25) is 5.02 Å². The summed E-state index contributed by atoms with van der Waals surface area (Å²) in [7, 11) is 0. The third-order valence-corrected chi connectivity index (χ3v) is 3.17. The maximum absolute atomic E-state index is 12.6. The lowest BCUT2D eigenvalue weighted by molar-refractivity contribution is -0.141. The van der Waals surface area contributed by atoms with Gasteiger partial charge in [0.25, 0.3) is 6.43 Å². The molecule has 0 atom stereocenters. The lowest BCUT2D eigenvalue weighted by atomic mass is 10.2. The zero-order chi connectivity index (χ0) is 17.0. The molecule has 124 valence electrons. The summed E-state index contributed by atoms with van der Waals surface area (Å²) in [5.41, 5.74) is -1.40. The molecule has 0 amide bonds. The first kappa shape index (κ1) is 17.3. The molecule has 0 saturated heterocycles. The SMILES string of the molecule is FC(F)c1ncnc(NCCc2cccc(C(F)(F)F)n2)c1Cl. The maximum atomic E-state index is 12.6. The summed E-state index contributed by atoms with van der Waals surface area (Å²) >= 11 is 5.74. The highest BCUT2D eigenvalue weighted by atomic mass is 35.5. The monoisotopic (exact) mass is 352 g/mol. The predicted octanol–water partition coefficient (Wildman–Crippen LogP) is 4.14. The minimum absolute atomic E-state index is 0.0102. The summed E-state index contributed by atoms with van der Waals surface area (Å²) < 4.78 is 62.9. The summed E-state index contributed by atoms with van der Waals surface area (Å²) in [5.74, 6) is -0.0102. The van der Waals surface area contributed by atoms with E-state index in [1.54, 1.807) is 0 Å². The third kappa shape index (κ3) is 4.47. The van der Waals surface area contributed by atoms with E-state index in [1.165, 1.54) is 12.1 Å². The molecule has 0 unspecified atom stereocenters. The van der Waals surface area contributed by atoms with Gasteiger partial charge in [-0.25, -0.2) is 23.7 Å². The second kappa shape index (κ2) is 7.03. The fourth-order valence-corrected chi connectivity index (χ4v) is 1.99. The quantitative estimate of drug-likeness (QED) is 0.822. The van der Waals surface area contributed by atoms with Crippen LogP contribution in [0, 0.1) is 0 Å². The van der Waals surface area contributed by atoms with Crippen molar-refractivity contribution in [2.45, 2.75) is 19.0 Å². The van der Waals surface area contributed by atoms with Gasteiger partial charge in [0, 0.05) is 18.7 Å². The molecule has 2 rings (SSSR count). The predicted molar refractivity (Wildman–Crippen MR) is 73.4 cm³/mol. The van der Waals surface area contributed by atoms with E-state index in [9.17, 15) is 22.0 Å². The summed E-state index contributed by atoms with van der Waals surface area (Å²) in [5, 5.41) is 2.36. The fourth-order valence-electron chi connectivity index (χ4n) is 1.74. The van der Waals surface area contributed by atoms with Gasteiger partial charge in [-0.05, 0) is 12.1 Å². The Kier molecular flexibility index (Phi) is 5.30. The van der Waals surface area contributed by atoms with E-state index in [0.29, 0.717) is 0 Å². The largest absolute Gasteiger partial charge is 0.433 e. The Labute approximate surface area is 132 Å². The summed E-state index contributed by atoms with van der Waals surface area (Å²) in [6, 6.07) is 3.55. The number of nitrogens with zero attached hydrogens (tertiary/aromatic N) is 3. The molecule has 0 aromatic carbocycles. The Balaban J connectivity index is 2.02. The van der Waals surface area contributed by atoms with Gasteiger partial charge in [-0.15, -0.1) is 0 Å². The van der Waals surface area contributed by atoms with Gasteiger partial charge in [0.15, 0.2) is 0 Å². The summed E-state index contributed by atoms with van der Waals surface area (Å²) in [6.07, 6.45) is -6.31. The van der Waals surface area contributed by atoms with E-state index < -0.39 is 24.0 Å². The van der Waals surface area contributed by atoms with E-state index in [1.807, 2.05) is 0 Å². The van der Waals surface area contributed by atoms with E-state index >= 15 is 0 Å². The standard InChI is InChI=1S/C13H10ClF5N4/c14-9-10(11(15)16)21-6-22-12(9)20-5-4-7-2-1-3-8(23-7)13(17,18)19/h1-3,6,11H,4-5H2,(H,20,21,22). The van der Waals surface area contributed by atoms with Crippen LogP contribution in [0.15, 0.2) is 24.5 Å². The number of alkyl halides is 5. The molecular weight excluding hydrogens is 343 g/mol. The van der Waals surface area contributed by atoms with E-state index in [0.717, 1.165) is 12.4 Å². The van der Waals surface area contributed by atoms with Crippen molar-refractivity contribution in [3.8, 4) is 0 Å². The van der Waals surface area contributed by atoms with Crippen LogP contribution >= 0.6 is 11.6 Å². The van der Waals surface area contributed by atoms with Crippen LogP contribution < -0.4 is 5.32 Å². The molecule has 0 aliphatic heterocycles. The van der Waals surface area contributed by atoms with Crippen LogP contribution in [0.5, 0.6) is 0 Å². The van der Waals surface area contributed by atoms with Crippen molar-refractivity contribution in [1.29, 1.82) is 0 Å². The number of hydrogen-bond donors (Lipinski definition) is 1. The average molecular weight is 353 g/mol. The first-order chi connectivity index (χ1) is 10.8. The van der Waals surface area contributed by atoms with Gasteiger partial charge in [-0.1, -0.05) is 17.7 Å². The highest BCUT2D eigenvalue weighted by Crippen LogP contribution is 2.29. The fraction of sp³-hybridized carbons (Fsp3) is 0.308. The minimum atomic E-state index is -4.52. The third-order valence-electron chi connectivity index (χ3n) is 2.79. The Bertz CT molecular complexity index is 678. The number of pyridine rings is 1. The Morgan fingerprint density at radius 2 is 1.91 bits per heavy atom. The van der Waals surface area contributed by atoms with Gasteiger partial charge in [0.2, 0.25) is 0 Å². The number of nitrogens with one attached hydrogen (secondary N) is 1. The Morgan fingerprint density at radius 1 is 1.17 bits per heavy atom. The van der Waals surface area contributed by atoms with Crippen molar-refractivity contribution in [2.24, 2.45) is 0 Å². The first-order valence-electron chi connectivity index (χ1n) is 6.34. The zero-order valence-corrected chi connectivity index (χ0v) is 12.2. The smallest absolute Gasteiger partial charge is 0.368 e. The van der Waals surface area contributed by atoms with Crippen molar-refractivity contribution in [1.82, 2.24) is 15.0 Å². The van der Waals surface area contributed by atoms with Gasteiger partial charge >= 0.3 is 6.18 Å². The normalized spacial score (nSPS) is 11.8. The van der Waals surface area contributed by atoms with Crippen LogP contribution in [0.3, 0.4) is 0 Å². The molecule has 0 fully saturated rings. The second-order valence-corrected chi connectivity index (χ2v) is 4.79. The van der Waals surface area contributed by atoms with Crippen LogP contribution in [-0.4, -0.2) is 21.5 Å². The van der Waals surface area contributed by atoms with Crippen LogP contribution in [0.4, 0.5) is 27.8 Å². The molecule has 0 aliphatic carbocycles. The molecule has 0 spiro atoms. The highest BCUT2D eigenvalue weighted by molar-refractivity contribution is 6.33. The maximum Gasteiger partial charge on any atom is 0.433 e. The van der Waals surface area contributed by atoms with Gasteiger partial charge in [-0.3, -0.25) is 0 Å². The van der Waals surface area contributed by atoms with Crippen LogP contribution in [0.1, 0.15) is 23.5 Å². The number of rotatable bonds is 5. The topological polar surface area (TPSA) is 50.7 Å². The first-order valence-corrected chi connectivity index (χ1v) is 6.72. The van der Waals surface area contributed by atoms with Crippen molar-refractivity contribution < 1.29 is 22.0 Å². The molecule has 2 aromatic rings. The molecule has 0 radical (unpaired) electrons. The molecular formula is C13H10ClF5N4. The average Bonchev–Trinajstić information content (AvgIpc) is 2.48. The van der Waals surface area contributed by atoms with Crippen molar-refractivity contribution in [2.75, 3.05) is 11.9 Å². The van der Waals surface area contributed by atoms with Crippen LogP contribution in [0.25, 0.3) is 0 Å². The van der Waals surface area contributed by atoms with Gasteiger partial charge in [-0.2, -0.15) is 13.2 Å². The lowest BCUT2D eigenvalue weighted by Crippen LogP contribution is -2.12. The molecule has 0 aliphatic rings. The second-order valence-electron chi connectivity index (χ2n) is 4.41. The summed E-state index contributed by atoms with van der Waals surface area (Å²) in [4.78, 5) is 10.6. The lowest BCUT2D eigenvalue weighted by Gasteiger charge is -2.10. The van der Waals surface area contributed by atoms with E-state index in [2.05, 4.69) is 20.3 Å². The number of halogens is 6. The molecule has 0 bridgehead atoms. The molecule has 10 heteroatoms. The highest BCUT2D eigenvalue weighted by Gasteiger charge is 2.32. The Hall–Kier alpha value is -2.03. The van der Waals surface area contributed by atoms with E-state index in [4.69, 9.17) is 11.6 Å². The van der Waals surface area contributed by atoms with E-state index in [-0.39, 0.29) is 29.5 Å². The summed E-state index contributed by atoms with van der Waals surface area (Å²) in [6.45, 7) is 0.119. The molecule has 4 nitrogen and oxygen atoms in total. The molecule has 1 N–H and O–H groups in total. The van der Waals surface area contributed by atoms with Crippen molar-refractivity contribution >= 4 is 17.4 Å². The van der Waals surface area contributed by atoms with Gasteiger partial charge < -0.3 is 5.32 Å². The number of anilines is 1. The zero-order valence-electron chi connectivity index (χ0n) is 11.4. The number of aromatic nitrogens is 3.